The maximum Gasteiger partial charge on any atom is 0.413 e. The fraction of sp³-hybridized carbons (Fsp3) is 0.263. The number of hydrazine groups is 1. The summed E-state index contributed by atoms with van der Waals surface area (Å²) in [6, 6.07) is 6.85. The van der Waals surface area contributed by atoms with Gasteiger partial charge in [-0.3, -0.25) is 20.5 Å². The molecule has 156 valence electrons. The number of hydrogen-bond acceptors (Lipinski definition) is 9. The topological polar surface area (TPSA) is 145 Å². The highest BCUT2D eigenvalue weighted by Crippen LogP contribution is 2.25. The normalized spacial score (nSPS) is 11.1. The second kappa shape index (κ2) is 8.93. The molecule has 0 aliphatic carbocycles. The van der Waals surface area contributed by atoms with Crippen LogP contribution in [0.5, 0.6) is 0 Å². The predicted molar refractivity (Wildman–Crippen MR) is 112 cm³/mol. The number of amides is 2. The summed E-state index contributed by atoms with van der Waals surface area (Å²) in [5.74, 6) is 5.08. The Morgan fingerprint density at radius 3 is 2.50 bits per heavy atom. The third-order valence-electron chi connectivity index (χ3n) is 3.66. The van der Waals surface area contributed by atoms with Gasteiger partial charge in [-0.15, -0.1) is 10.2 Å². The Hall–Kier alpha value is -3.44. The lowest BCUT2D eigenvalue weighted by Crippen LogP contribution is -2.30. The van der Waals surface area contributed by atoms with Gasteiger partial charge in [0.25, 0.3) is 5.91 Å². The van der Waals surface area contributed by atoms with Crippen molar-refractivity contribution in [3.63, 3.8) is 0 Å². The van der Waals surface area contributed by atoms with Gasteiger partial charge in [0, 0.05) is 30.1 Å². The lowest BCUT2D eigenvalue weighted by molar-refractivity contribution is 0.0635. The van der Waals surface area contributed by atoms with E-state index >= 15 is 0 Å². The average Bonchev–Trinajstić information content (AvgIpc) is 3.15. The zero-order chi connectivity index (χ0) is 21.7. The molecule has 0 fully saturated rings. The Balaban J connectivity index is 1.63. The van der Waals surface area contributed by atoms with Crippen LogP contribution in [0.1, 0.15) is 41.8 Å². The van der Waals surface area contributed by atoms with Gasteiger partial charge in [0.2, 0.25) is 0 Å². The maximum absolute atomic E-state index is 11.8. The van der Waals surface area contributed by atoms with Crippen molar-refractivity contribution in [2.24, 2.45) is 5.84 Å². The first-order chi connectivity index (χ1) is 14.2. The minimum atomic E-state index is -0.584. The Bertz CT molecular complexity index is 1030. The van der Waals surface area contributed by atoms with Crippen LogP contribution in [0.3, 0.4) is 0 Å². The molecular formula is C19H21N7O3S. The number of ether oxygens (including phenoxy) is 1. The molecule has 2 amide bonds. The van der Waals surface area contributed by atoms with Gasteiger partial charge in [-0.1, -0.05) is 11.3 Å². The average molecular weight is 427 g/mol. The number of nitrogens with two attached hydrogens (primary N) is 1. The SMILES string of the molecule is CC(C)(C)OC(=O)Nc1ccc(-c2nnc(Cc3ccc(C(=O)NN)cn3)s2)cn1. The van der Waals surface area contributed by atoms with Crippen LogP contribution in [0.15, 0.2) is 36.7 Å². The van der Waals surface area contributed by atoms with Gasteiger partial charge in [-0.25, -0.2) is 15.6 Å². The van der Waals surface area contributed by atoms with Crippen molar-refractivity contribution < 1.29 is 14.3 Å². The Morgan fingerprint density at radius 2 is 1.90 bits per heavy atom. The van der Waals surface area contributed by atoms with E-state index in [0.717, 1.165) is 16.3 Å². The highest BCUT2D eigenvalue weighted by Gasteiger charge is 2.17. The summed E-state index contributed by atoms with van der Waals surface area (Å²) >= 11 is 1.41. The first-order valence-electron chi connectivity index (χ1n) is 8.98. The zero-order valence-electron chi connectivity index (χ0n) is 16.7. The molecule has 0 aliphatic heterocycles. The molecule has 3 rings (SSSR count). The molecule has 0 atom stereocenters. The van der Waals surface area contributed by atoms with Crippen LogP contribution in [-0.4, -0.2) is 37.8 Å². The van der Waals surface area contributed by atoms with Gasteiger partial charge < -0.3 is 4.74 Å². The Labute approximate surface area is 176 Å². The molecule has 0 saturated heterocycles. The van der Waals surface area contributed by atoms with Crippen molar-refractivity contribution in [2.45, 2.75) is 32.8 Å². The summed E-state index contributed by atoms with van der Waals surface area (Å²) in [6.07, 6.45) is 2.98. The molecule has 0 aromatic carbocycles. The standard InChI is InChI=1S/C19H21N7O3S/c1-19(2,3)29-18(28)23-14-7-5-12(10-22-14)17-26-25-15(30-17)8-13-6-4-11(9-21-13)16(27)24-20/h4-7,9-10H,8,20H2,1-3H3,(H,24,27)(H,22,23,28). The molecule has 11 heteroatoms. The van der Waals surface area contributed by atoms with E-state index in [2.05, 4.69) is 30.9 Å². The number of nitrogens with zero attached hydrogens (tertiary/aromatic N) is 4. The molecule has 0 unspecified atom stereocenters. The van der Waals surface area contributed by atoms with Crippen LogP contribution in [0.25, 0.3) is 10.6 Å². The molecule has 3 aromatic rings. The number of aromatic nitrogens is 4. The fourth-order valence-corrected chi connectivity index (χ4v) is 3.19. The van der Waals surface area contributed by atoms with Crippen molar-refractivity contribution in [1.82, 2.24) is 25.6 Å². The molecule has 0 bridgehead atoms. The van der Waals surface area contributed by atoms with E-state index in [1.807, 2.05) is 0 Å². The number of hydrogen-bond donors (Lipinski definition) is 3. The van der Waals surface area contributed by atoms with Crippen LogP contribution >= 0.6 is 11.3 Å². The Kier molecular flexibility index (Phi) is 6.33. The second-order valence-corrected chi connectivity index (χ2v) is 8.31. The van der Waals surface area contributed by atoms with Crippen LogP contribution in [0.4, 0.5) is 10.6 Å². The molecule has 4 N–H and O–H groups in total. The molecule has 30 heavy (non-hydrogen) atoms. The first-order valence-corrected chi connectivity index (χ1v) is 9.80. The van der Waals surface area contributed by atoms with Crippen LogP contribution in [0, 0.1) is 0 Å². The summed E-state index contributed by atoms with van der Waals surface area (Å²) in [5, 5.41) is 12.4. The zero-order valence-corrected chi connectivity index (χ0v) is 17.5. The molecule has 10 nitrogen and oxygen atoms in total. The molecular weight excluding hydrogens is 406 g/mol. The van der Waals surface area contributed by atoms with Crippen molar-refractivity contribution in [1.29, 1.82) is 0 Å². The van der Waals surface area contributed by atoms with Gasteiger partial charge in [0.05, 0.1) is 5.56 Å². The van der Waals surface area contributed by atoms with Crippen molar-refractivity contribution in [2.75, 3.05) is 5.32 Å². The van der Waals surface area contributed by atoms with Crippen molar-refractivity contribution >= 4 is 29.2 Å². The third kappa shape index (κ3) is 5.78. The van der Waals surface area contributed by atoms with Crippen LogP contribution < -0.4 is 16.6 Å². The summed E-state index contributed by atoms with van der Waals surface area (Å²) in [4.78, 5) is 31.7. The third-order valence-corrected chi connectivity index (χ3v) is 4.63. The van der Waals surface area contributed by atoms with Crippen LogP contribution in [0.2, 0.25) is 0 Å². The van der Waals surface area contributed by atoms with Gasteiger partial charge >= 0.3 is 6.09 Å². The van der Waals surface area contributed by atoms with E-state index in [-0.39, 0.29) is 0 Å². The minimum absolute atomic E-state index is 0.378. The van der Waals surface area contributed by atoms with E-state index in [4.69, 9.17) is 10.6 Å². The summed E-state index contributed by atoms with van der Waals surface area (Å²) in [7, 11) is 0. The van der Waals surface area contributed by atoms with E-state index in [0.29, 0.717) is 22.8 Å². The largest absolute Gasteiger partial charge is 0.444 e. The molecule has 3 aromatic heterocycles. The molecule has 0 spiro atoms. The number of anilines is 1. The monoisotopic (exact) mass is 427 g/mol. The number of nitrogens with one attached hydrogen (secondary N) is 2. The maximum atomic E-state index is 11.8. The lowest BCUT2D eigenvalue weighted by Gasteiger charge is -2.19. The van der Waals surface area contributed by atoms with E-state index < -0.39 is 17.6 Å². The highest BCUT2D eigenvalue weighted by molar-refractivity contribution is 7.14. The van der Waals surface area contributed by atoms with E-state index in [1.165, 1.54) is 17.5 Å². The smallest absolute Gasteiger partial charge is 0.413 e. The van der Waals surface area contributed by atoms with Gasteiger partial charge in [-0.2, -0.15) is 0 Å². The van der Waals surface area contributed by atoms with Crippen molar-refractivity contribution in [3.05, 3.63) is 52.9 Å². The quantitative estimate of drug-likeness (QED) is 0.320. The first kappa shape index (κ1) is 21.3. The molecule has 0 radical (unpaired) electrons. The molecule has 0 saturated carbocycles. The summed E-state index contributed by atoms with van der Waals surface area (Å²) in [5.41, 5.74) is 3.38. The van der Waals surface area contributed by atoms with Gasteiger partial charge in [0.15, 0.2) is 0 Å². The predicted octanol–water partition coefficient (Wildman–Crippen LogP) is 2.54. The second-order valence-electron chi connectivity index (χ2n) is 7.25. The summed E-state index contributed by atoms with van der Waals surface area (Å²) < 4.78 is 5.20. The van der Waals surface area contributed by atoms with Gasteiger partial charge in [0.1, 0.15) is 21.4 Å². The number of rotatable bonds is 5. The number of nitrogen functional groups attached to an aromatic ring is 1. The highest BCUT2D eigenvalue weighted by atomic mass is 32.1. The summed E-state index contributed by atoms with van der Waals surface area (Å²) in [6.45, 7) is 5.37. The van der Waals surface area contributed by atoms with Crippen LogP contribution in [-0.2, 0) is 11.2 Å². The van der Waals surface area contributed by atoms with E-state index in [1.54, 1.807) is 51.2 Å². The lowest BCUT2D eigenvalue weighted by atomic mass is 10.2. The Morgan fingerprint density at radius 1 is 1.10 bits per heavy atom. The van der Waals surface area contributed by atoms with Gasteiger partial charge in [-0.05, 0) is 45.0 Å². The fourth-order valence-electron chi connectivity index (χ4n) is 2.35. The minimum Gasteiger partial charge on any atom is -0.444 e. The van der Waals surface area contributed by atoms with Crippen molar-refractivity contribution in [3.8, 4) is 10.6 Å². The molecule has 0 aliphatic rings. The van der Waals surface area contributed by atoms with E-state index in [9.17, 15) is 9.59 Å². The number of carbonyl (C=O) groups excluding carboxylic acids is 2. The molecule has 3 heterocycles. The number of pyridine rings is 2. The number of carbonyl (C=O) groups is 2.